The molecule has 0 saturated carbocycles. The van der Waals surface area contributed by atoms with E-state index in [-0.39, 0.29) is 33.9 Å². The van der Waals surface area contributed by atoms with Gasteiger partial charge in [-0.15, -0.1) is 0 Å². The molecule has 1 aromatic heterocycles. The van der Waals surface area contributed by atoms with Crippen LogP contribution in [0.2, 0.25) is 0 Å². The van der Waals surface area contributed by atoms with Crippen LogP contribution in [0.3, 0.4) is 0 Å². The van der Waals surface area contributed by atoms with Crippen LogP contribution in [-0.4, -0.2) is 21.8 Å². The van der Waals surface area contributed by atoms with Gasteiger partial charge in [0.05, 0.1) is 16.8 Å². The van der Waals surface area contributed by atoms with E-state index in [2.05, 4.69) is 10.5 Å². The van der Waals surface area contributed by atoms with E-state index in [9.17, 15) is 19.8 Å². The molecular formula is C18H14N2O5. The first kappa shape index (κ1) is 16.3. The number of phenols is 2. The first-order valence-electron chi connectivity index (χ1n) is 7.36. The quantitative estimate of drug-likeness (QED) is 0.385. The van der Waals surface area contributed by atoms with E-state index < -0.39 is 11.5 Å². The molecule has 3 rings (SSSR count). The third-order valence-corrected chi connectivity index (χ3v) is 3.60. The first-order valence-corrected chi connectivity index (χ1v) is 7.36. The SMILES string of the molecule is C/C(=N\NC(=O)c1ccccc1O)c1c(O)ccc2ccc(=O)oc12. The predicted molar refractivity (Wildman–Crippen MR) is 91.9 cm³/mol. The number of nitrogens with zero attached hydrogens (tertiary/aromatic N) is 1. The van der Waals surface area contributed by atoms with E-state index >= 15 is 0 Å². The number of fused-ring (bicyclic) bond motifs is 1. The van der Waals surface area contributed by atoms with Gasteiger partial charge in [0, 0.05) is 11.5 Å². The second kappa shape index (κ2) is 6.48. The van der Waals surface area contributed by atoms with Crippen LogP contribution in [0.25, 0.3) is 11.0 Å². The molecule has 25 heavy (non-hydrogen) atoms. The number of carbonyl (C=O) groups excluding carboxylic acids is 1. The number of amides is 1. The Morgan fingerprint density at radius 1 is 1.04 bits per heavy atom. The number of hydrogen-bond acceptors (Lipinski definition) is 6. The van der Waals surface area contributed by atoms with Crippen LogP contribution in [0.15, 0.2) is 62.8 Å². The molecule has 0 fully saturated rings. The number of rotatable bonds is 3. The van der Waals surface area contributed by atoms with Crippen molar-refractivity contribution in [2.24, 2.45) is 5.10 Å². The highest BCUT2D eigenvalue weighted by molar-refractivity contribution is 6.10. The number of carbonyl (C=O) groups is 1. The standard InChI is InChI=1S/C18H14N2O5/c1-10(19-20-18(24)12-4-2-3-5-13(12)21)16-14(22)8-6-11-7-9-15(23)25-17(11)16/h2-9,21-22H,1H3,(H,20,24)/b19-10+. The molecule has 2 aromatic carbocycles. The van der Waals surface area contributed by atoms with Crippen LogP contribution in [0.4, 0.5) is 0 Å². The molecule has 3 N–H and O–H groups in total. The van der Waals surface area contributed by atoms with E-state index in [1.807, 2.05) is 0 Å². The zero-order valence-corrected chi connectivity index (χ0v) is 13.2. The lowest BCUT2D eigenvalue weighted by molar-refractivity contribution is 0.0952. The summed E-state index contributed by atoms with van der Waals surface area (Å²) >= 11 is 0. The molecule has 126 valence electrons. The normalized spacial score (nSPS) is 11.5. The number of nitrogens with one attached hydrogen (secondary N) is 1. The van der Waals surface area contributed by atoms with Crippen molar-refractivity contribution in [2.45, 2.75) is 6.92 Å². The summed E-state index contributed by atoms with van der Waals surface area (Å²) in [6.07, 6.45) is 0. The fourth-order valence-corrected chi connectivity index (χ4v) is 2.39. The lowest BCUT2D eigenvalue weighted by atomic mass is 10.1. The van der Waals surface area contributed by atoms with Gasteiger partial charge in [0.25, 0.3) is 5.91 Å². The van der Waals surface area contributed by atoms with Gasteiger partial charge in [0.1, 0.15) is 11.5 Å². The van der Waals surface area contributed by atoms with Crippen molar-refractivity contribution in [3.8, 4) is 11.5 Å². The summed E-state index contributed by atoms with van der Waals surface area (Å²) in [6.45, 7) is 1.55. The molecule has 0 unspecified atom stereocenters. The lowest BCUT2D eigenvalue weighted by Crippen LogP contribution is -2.19. The highest BCUT2D eigenvalue weighted by atomic mass is 16.4. The Morgan fingerprint density at radius 3 is 2.52 bits per heavy atom. The van der Waals surface area contributed by atoms with Crippen molar-refractivity contribution in [1.82, 2.24) is 5.43 Å². The van der Waals surface area contributed by atoms with Gasteiger partial charge in [0.15, 0.2) is 5.58 Å². The van der Waals surface area contributed by atoms with Crippen molar-refractivity contribution < 1.29 is 19.4 Å². The van der Waals surface area contributed by atoms with E-state index in [0.29, 0.717) is 5.39 Å². The van der Waals surface area contributed by atoms with E-state index in [1.54, 1.807) is 31.2 Å². The van der Waals surface area contributed by atoms with Crippen LogP contribution in [0.5, 0.6) is 11.5 Å². The van der Waals surface area contributed by atoms with Crippen LogP contribution in [0, 0.1) is 0 Å². The number of phenolic OH excluding ortho intramolecular Hbond substituents is 2. The Morgan fingerprint density at radius 2 is 1.76 bits per heavy atom. The van der Waals surface area contributed by atoms with Gasteiger partial charge in [-0.25, -0.2) is 10.2 Å². The Labute approximate surface area is 141 Å². The van der Waals surface area contributed by atoms with E-state index in [0.717, 1.165) is 0 Å². The largest absolute Gasteiger partial charge is 0.507 e. The molecule has 1 amide bonds. The lowest BCUT2D eigenvalue weighted by Gasteiger charge is -2.08. The van der Waals surface area contributed by atoms with Crippen molar-refractivity contribution in [2.75, 3.05) is 0 Å². The summed E-state index contributed by atoms with van der Waals surface area (Å²) < 4.78 is 5.16. The van der Waals surface area contributed by atoms with Gasteiger partial charge in [-0.1, -0.05) is 12.1 Å². The van der Waals surface area contributed by atoms with Gasteiger partial charge in [-0.05, 0) is 37.3 Å². The summed E-state index contributed by atoms with van der Waals surface area (Å²) in [5, 5.41) is 24.3. The highest BCUT2D eigenvalue weighted by Gasteiger charge is 2.14. The number of benzene rings is 2. The van der Waals surface area contributed by atoms with Gasteiger partial charge < -0.3 is 14.6 Å². The van der Waals surface area contributed by atoms with Crippen LogP contribution in [-0.2, 0) is 0 Å². The molecule has 0 atom stereocenters. The Bertz CT molecular complexity index is 1050. The molecule has 1 heterocycles. The minimum absolute atomic E-state index is 0.0627. The summed E-state index contributed by atoms with van der Waals surface area (Å²) in [5.74, 6) is -0.926. The number of hydrogen-bond donors (Lipinski definition) is 3. The molecule has 0 radical (unpaired) electrons. The van der Waals surface area contributed by atoms with Gasteiger partial charge in [-0.3, -0.25) is 4.79 Å². The first-order chi connectivity index (χ1) is 12.0. The maximum absolute atomic E-state index is 12.1. The minimum atomic E-state index is -0.612. The molecule has 3 aromatic rings. The van der Waals surface area contributed by atoms with Crippen molar-refractivity contribution in [3.05, 3.63) is 70.1 Å². The molecular weight excluding hydrogens is 324 g/mol. The number of hydrazone groups is 1. The van der Waals surface area contributed by atoms with E-state index in [4.69, 9.17) is 4.42 Å². The smallest absolute Gasteiger partial charge is 0.336 e. The maximum Gasteiger partial charge on any atom is 0.336 e. The second-order valence-corrected chi connectivity index (χ2v) is 5.29. The third kappa shape index (κ3) is 3.20. The predicted octanol–water partition coefficient (Wildman–Crippen LogP) is 2.36. The van der Waals surface area contributed by atoms with Crippen molar-refractivity contribution >= 4 is 22.6 Å². The molecule has 0 aliphatic rings. The van der Waals surface area contributed by atoms with Gasteiger partial charge in [-0.2, -0.15) is 5.10 Å². The zero-order valence-electron chi connectivity index (χ0n) is 13.2. The van der Waals surface area contributed by atoms with Crippen LogP contribution < -0.4 is 11.1 Å². The van der Waals surface area contributed by atoms with Gasteiger partial charge in [0.2, 0.25) is 0 Å². The van der Waals surface area contributed by atoms with Crippen molar-refractivity contribution in [1.29, 1.82) is 0 Å². The summed E-state index contributed by atoms with van der Waals surface area (Å²) in [5.41, 5.74) is 2.41. The molecule has 0 spiro atoms. The Kier molecular flexibility index (Phi) is 4.21. The summed E-state index contributed by atoms with van der Waals surface area (Å²) in [6, 6.07) is 11.9. The van der Waals surface area contributed by atoms with E-state index in [1.165, 1.54) is 24.3 Å². The van der Waals surface area contributed by atoms with Crippen LogP contribution in [0.1, 0.15) is 22.8 Å². The Hall–Kier alpha value is -3.61. The highest BCUT2D eigenvalue weighted by Crippen LogP contribution is 2.26. The second-order valence-electron chi connectivity index (χ2n) is 5.29. The fraction of sp³-hybridized carbons (Fsp3) is 0.0556. The average molecular weight is 338 g/mol. The average Bonchev–Trinajstić information content (AvgIpc) is 2.59. The summed E-state index contributed by atoms with van der Waals surface area (Å²) in [7, 11) is 0. The van der Waals surface area contributed by atoms with Gasteiger partial charge >= 0.3 is 5.63 Å². The molecule has 0 aliphatic carbocycles. The van der Waals surface area contributed by atoms with Crippen molar-refractivity contribution in [3.63, 3.8) is 0 Å². The number of para-hydroxylation sites is 1. The zero-order chi connectivity index (χ0) is 18.0. The monoisotopic (exact) mass is 338 g/mol. The van der Waals surface area contributed by atoms with Crippen LogP contribution >= 0.6 is 0 Å². The number of aromatic hydroxyl groups is 2. The molecule has 0 bridgehead atoms. The third-order valence-electron chi connectivity index (χ3n) is 3.60. The minimum Gasteiger partial charge on any atom is -0.507 e. The molecule has 7 nitrogen and oxygen atoms in total. The summed E-state index contributed by atoms with van der Waals surface area (Å²) in [4.78, 5) is 23.6. The Balaban J connectivity index is 1.98. The maximum atomic E-state index is 12.1. The topological polar surface area (TPSA) is 112 Å². The molecule has 0 aliphatic heterocycles. The molecule has 7 heteroatoms. The fourth-order valence-electron chi connectivity index (χ4n) is 2.39. The molecule has 0 saturated heterocycles.